The molecule has 0 aliphatic carbocycles. The summed E-state index contributed by atoms with van der Waals surface area (Å²) < 4.78 is 7.64. The minimum atomic E-state index is -0.577. The van der Waals surface area contributed by atoms with Crippen molar-refractivity contribution in [3.05, 3.63) is 34.2 Å². The monoisotopic (exact) mass is 379 g/mol. The number of rotatable bonds is 1. The average molecular weight is 380 g/mol. The molecule has 2 aromatic heterocycles. The Hall–Kier alpha value is -1.73. The van der Waals surface area contributed by atoms with E-state index in [2.05, 4.69) is 26.0 Å². The van der Waals surface area contributed by atoms with Gasteiger partial charge < -0.3 is 4.74 Å². The van der Waals surface area contributed by atoms with Crippen LogP contribution in [0.4, 0.5) is 4.79 Å². The summed E-state index contributed by atoms with van der Waals surface area (Å²) in [4.78, 5) is 16.7. The Labute approximate surface area is 140 Å². The smallest absolute Gasteiger partial charge is 0.435 e. The lowest BCUT2D eigenvalue weighted by molar-refractivity contribution is 0.0523. The SMILES string of the molecule is CC(C)(C)OC(=O)n1nc(-c2nccs2)c2cc(Br)ccc21. The summed E-state index contributed by atoms with van der Waals surface area (Å²) in [5.74, 6) is 0. The average Bonchev–Trinajstić information content (AvgIpc) is 3.02. The number of thiazole rings is 1. The topological polar surface area (TPSA) is 57.0 Å². The molecule has 0 aliphatic rings. The van der Waals surface area contributed by atoms with Crippen molar-refractivity contribution in [2.24, 2.45) is 0 Å². The van der Waals surface area contributed by atoms with Gasteiger partial charge in [0.15, 0.2) is 0 Å². The molecular weight excluding hydrogens is 366 g/mol. The van der Waals surface area contributed by atoms with Crippen molar-refractivity contribution in [2.75, 3.05) is 0 Å². The lowest BCUT2D eigenvalue weighted by atomic mass is 10.2. The molecule has 0 saturated carbocycles. The normalized spacial score (nSPS) is 11.8. The summed E-state index contributed by atoms with van der Waals surface area (Å²) in [6.07, 6.45) is 1.22. The van der Waals surface area contributed by atoms with Gasteiger partial charge in [0.05, 0.1) is 5.52 Å². The van der Waals surface area contributed by atoms with Gasteiger partial charge >= 0.3 is 6.09 Å². The predicted molar refractivity (Wildman–Crippen MR) is 90.2 cm³/mol. The number of carbonyl (C=O) groups excluding carboxylic acids is 1. The van der Waals surface area contributed by atoms with Crippen molar-refractivity contribution in [1.82, 2.24) is 14.8 Å². The molecule has 114 valence electrons. The van der Waals surface area contributed by atoms with E-state index >= 15 is 0 Å². The van der Waals surface area contributed by atoms with Crippen molar-refractivity contribution >= 4 is 44.3 Å². The van der Waals surface area contributed by atoms with E-state index in [1.165, 1.54) is 16.0 Å². The molecule has 0 atom stereocenters. The fourth-order valence-corrected chi connectivity index (χ4v) is 3.03. The van der Waals surface area contributed by atoms with E-state index in [1.54, 1.807) is 6.20 Å². The first kappa shape index (κ1) is 15.2. The summed E-state index contributed by atoms with van der Waals surface area (Å²) in [5, 5.41) is 7.93. The van der Waals surface area contributed by atoms with Crippen LogP contribution in [0.15, 0.2) is 34.2 Å². The van der Waals surface area contributed by atoms with Gasteiger partial charge in [-0.2, -0.15) is 9.78 Å². The number of fused-ring (bicyclic) bond motifs is 1. The number of hydrogen-bond acceptors (Lipinski definition) is 5. The molecule has 2 heterocycles. The highest BCUT2D eigenvalue weighted by atomic mass is 79.9. The first-order valence-electron chi connectivity index (χ1n) is 6.67. The van der Waals surface area contributed by atoms with Crippen molar-refractivity contribution in [1.29, 1.82) is 0 Å². The molecule has 5 nitrogen and oxygen atoms in total. The molecular formula is C15H14BrN3O2S. The molecule has 22 heavy (non-hydrogen) atoms. The Morgan fingerprint density at radius 1 is 1.36 bits per heavy atom. The second-order valence-corrected chi connectivity index (χ2v) is 7.55. The first-order valence-corrected chi connectivity index (χ1v) is 8.34. The molecule has 7 heteroatoms. The summed E-state index contributed by atoms with van der Waals surface area (Å²) in [6, 6.07) is 5.64. The van der Waals surface area contributed by atoms with E-state index in [0.29, 0.717) is 11.2 Å². The van der Waals surface area contributed by atoms with Gasteiger partial charge in [0.25, 0.3) is 0 Å². The van der Waals surface area contributed by atoms with E-state index in [4.69, 9.17) is 4.74 Å². The number of ether oxygens (including phenoxy) is 1. The van der Waals surface area contributed by atoms with Crippen LogP contribution in [0.5, 0.6) is 0 Å². The molecule has 0 fully saturated rings. The maximum absolute atomic E-state index is 12.4. The van der Waals surface area contributed by atoms with Crippen molar-refractivity contribution in [2.45, 2.75) is 26.4 Å². The summed E-state index contributed by atoms with van der Waals surface area (Å²) in [6.45, 7) is 5.48. The largest absolute Gasteiger partial charge is 0.442 e. The standard InChI is InChI=1S/C15H14BrN3O2S/c1-15(2,3)21-14(20)19-11-5-4-9(16)8-10(11)12(18-19)13-17-6-7-22-13/h4-8H,1-3H3. The lowest BCUT2D eigenvalue weighted by Gasteiger charge is -2.19. The lowest BCUT2D eigenvalue weighted by Crippen LogP contribution is -2.27. The molecule has 0 radical (unpaired) electrons. The van der Waals surface area contributed by atoms with E-state index in [-0.39, 0.29) is 0 Å². The Balaban J connectivity index is 2.18. The molecule has 0 bridgehead atoms. The van der Waals surface area contributed by atoms with Crippen LogP contribution in [0.2, 0.25) is 0 Å². The van der Waals surface area contributed by atoms with Gasteiger partial charge in [0, 0.05) is 21.4 Å². The van der Waals surface area contributed by atoms with Gasteiger partial charge in [-0.1, -0.05) is 15.9 Å². The highest BCUT2D eigenvalue weighted by Gasteiger charge is 2.23. The van der Waals surface area contributed by atoms with E-state index in [1.807, 2.05) is 44.4 Å². The van der Waals surface area contributed by atoms with Crippen LogP contribution in [-0.2, 0) is 4.74 Å². The third-order valence-electron chi connectivity index (χ3n) is 2.84. The molecule has 1 aromatic carbocycles. The van der Waals surface area contributed by atoms with Crippen LogP contribution in [0.1, 0.15) is 20.8 Å². The zero-order valence-electron chi connectivity index (χ0n) is 12.3. The molecule has 0 amide bonds. The fraction of sp³-hybridized carbons (Fsp3) is 0.267. The second kappa shape index (κ2) is 5.48. The third kappa shape index (κ3) is 2.91. The van der Waals surface area contributed by atoms with Crippen LogP contribution < -0.4 is 0 Å². The van der Waals surface area contributed by atoms with Crippen LogP contribution in [-0.4, -0.2) is 26.5 Å². The highest BCUT2D eigenvalue weighted by molar-refractivity contribution is 9.10. The van der Waals surface area contributed by atoms with E-state index < -0.39 is 11.7 Å². The number of nitrogens with zero attached hydrogens (tertiary/aromatic N) is 3. The van der Waals surface area contributed by atoms with Crippen LogP contribution >= 0.6 is 27.3 Å². The molecule has 0 saturated heterocycles. The minimum Gasteiger partial charge on any atom is -0.442 e. The highest BCUT2D eigenvalue weighted by Crippen LogP contribution is 2.31. The Kier molecular flexibility index (Phi) is 3.78. The Bertz CT molecular complexity index is 834. The van der Waals surface area contributed by atoms with E-state index in [0.717, 1.165) is 14.9 Å². The van der Waals surface area contributed by atoms with Crippen LogP contribution in [0, 0.1) is 0 Å². The molecule has 0 aliphatic heterocycles. The van der Waals surface area contributed by atoms with Crippen molar-refractivity contribution in [3.63, 3.8) is 0 Å². The minimum absolute atomic E-state index is 0.498. The summed E-state index contributed by atoms with van der Waals surface area (Å²) in [7, 11) is 0. The molecule has 3 aromatic rings. The third-order valence-corrected chi connectivity index (χ3v) is 4.12. The Morgan fingerprint density at radius 2 is 2.14 bits per heavy atom. The van der Waals surface area contributed by atoms with Gasteiger partial charge in [0.2, 0.25) is 0 Å². The van der Waals surface area contributed by atoms with Crippen LogP contribution in [0.3, 0.4) is 0 Å². The quantitative estimate of drug-likeness (QED) is 0.614. The maximum Gasteiger partial charge on any atom is 0.435 e. The van der Waals surface area contributed by atoms with Gasteiger partial charge in [-0.15, -0.1) is 11.3 Å². The predicted octanol–water partition coefficient (Wildman–Crippen LogP) is 4.71. The first-order chi connectivity index (χ1) is 10.3. The number of benzene rings is 1. The summed E-state index contributed by atoms with van der Waals surface area (Å²) >= 11 is 4.94. The molecule has 0 unspecified atom stereocenters. The van der Waals surface area contributed by atoms with Crippen molar-refractivity contribution < 1.29 is 9.53 Å². The van der Waals surface area contributed by atoms with E-state index in [9.17, 15) is 4.79 Å². The summed E-state index contributed by atoms with van der Waals surface area (Å²) in [5.41, 5.74) is 0.798. The number of hydrogen-bond donors (Lipinski definition) is 0. The number of aromatic nitrogens is 3. The van der Waals surface area contributed by atoms with Gasteiger partial charge in [0.1, 0.15) is 16.3 Å². The van der Waals surface area contributed by atoms with Gasteiger partial charge in [-0.25, -0.2) is 9.78 Å². The van der Waals surface area contributed by atoms with Gasteiger partial charge in [-0.05, 0) is 39.0 Å². The molecule has 0 N–H and O–H groups in total. The fourth-order valence-electron chi connectivity index (χ4n) is 2.03. The second-order valence-electron chi connectivity index (χ2n) is 5.74. The van der Waals surface area contributed by atoms with Crippen LogP contribution in [0.25, 0.3) is 21.6 Å². The number of halogens is 1. The molecule has 3 rings (SSSR count). The van der Waals surface area contributed by atoms with Crippen molar-refractivity contribution in [3.8, 4) is 10.7 Å². The zero-order valence-corrected chi connectivity index (χ0v) is 14.7. The molecule has 0 spiro atoms. The Morgan fingerprint density at radius 3 is 2.77 bits per heavy atom. The number of carbonyl (C=O) groups is 1. The zero-order chi connectivity index (χ0) is 15.9. The maximum atomic E-state index is 12.4. The van der Waals surface area contributed by atoms with Gasteiger partial charge in [-0.3, -0.25) is 0 Å².